The zero-order valence-corrected chi connectivity index (χ0v) is 11.5. The highest BCUT2D eigenvalue weighted by atomic mass is 32.2. The fraction of sp³-hybridized carbons (Fsp3) is 0.500. The average molecular weight is 272 g/mol. The molecule has 6 heteroatoms. The minimum absolute atomic E-state index is 0.0613. The van der Waals surface area contributed by atoms with E-state index in [-0.39, 0.29) is 17.5 Å². The lowest BCUT2D eigenvalue weighted by molar-refractivity contribution is 0.278. The summed E-state index contributed by atoms with van der Waals surface area (Å²) in [5, 5.41) is 3.05. The number of nitrogens with one attached hydrogen (secondary N) is 1. The van der Waals surface area contributed by atoms with E-state index in [1.165, 1.54) is 0 Å². The summed E-state index contributed by atoms with van der Waals surface area (Å²) >= 11 is 0. The van der Waals surface area contributed by atoms with Crippen molar-refractivity contribution in [3.05, 3.63) is 29.8 Å². The summed E-state index contributed by atoms with van der Waals surface area (Å²) in [5.74, 6) is 0. The van der Waals surface area contributed by atoms with Gasteiger partial charge < -0.3 is 11.1 Å². The van der Waals surface area contributed by atoms with Crippen molar-refractivity contribution < 1.29 is 12.6 Å². The second kappa shape index (κ2) is 6.84. The minimum atomic E-state index is -3.67. The molecule has 102 valence electrons. The summed E-state index contributed by atoms with van der Waals surface area (Å²) < 4.78 is 28.7. The molecule has 0 aliphatic heterocycles. The van der Waals surface area contributed by atoms with Gasteiger partial charge in [-0.3, -0.25) is 4.18 Å². The Hall–Kier alpha value is -0.950. The first-order chi connectivity index (χ1) is 8.45. The third-order valence-electron chi connectivity index (χ3n) is 2.42. The highest BCUT2D eigenvalue weighted by Crippen LogP contribution is 2.13. The van der Waals surface area contributed by atoms with Gasteiger partial charge in [0.05, 0.1) is 11.5 Å². The zero-order valence-electron chi connectivity index (χ0n) is 10.7. The van der Waals surface area contributed by atoms with Crippen LogP contribution in [-0.2, 0) is 14.3 Å². The van der Waals surface area contributed by atoms with Crippen LogP contribution in [0, 0.1) is 6.92 Å². The van der Waals surface area contributed by atoms with E-state index >= 15 is 0 Å². The molecule has 0 aromatic heterocycles. The first kappa shape index (κ1) is 15.1. The number of hydrogen-bond acceptors (Lipinski definition) is 5. The standard InChI is InChI=1S/C12H20N2O3S/c1-10-3-5-12(6-4-10)18(15,16)17-9-11(2)14-8-7-13/h3-6,11,14H,7-9,13H2,1-2H3. The van der Waals surface area contributed by atoms with Crippen molar-refractivity contribution in [2.75, 3.05) is 19.7 Å². The fourth-order valence-corrected chi connectivity index (χ4v) is 2.34. The molecule has 1 aromatic rings. The summed E-state index contributed by atoms with van der Waals surface area (Å²) in [6.45, 7) is 4.98. The lowest BCUT2D eigenvalue weighted by atomic mass is 10.2. The first-order valence-electron chi connectivity index (χ1n) is 5.85. The van der Waals surface area contributed by atoms with Crippen LogP contribution in [0.4, 0.5) is 0 Å². The predicted molar refractivity (Wildman–Crippen MR) is 70.8 cm³/mol. The maximum atomic E-state index is 11.8. The molecule has 18 heavy (non-hydrogen) atoms. The van der Waals surface area contributed by atoms with E-state index in [1.807, 2.05) is 13.8 Å². The Kier molecular flexibility index (Phi) is 5.74. The van der Waals surface area contributed by atoms with Crippen LogP contribution in [0.2, 0.25) is 0 Å². The summed E-state index contributed by atoms with van der Waals surface area (Å²) in [7, 11) is -3.67. The van der Waals surface area contributed by atoms with Gasteiger partial charge in [-0.15, -0.1) is 0 Å². The molecule has 1 unspecified atom stereocenters. The number of hydrogen-bond donors (Lipinski definition) is 2. The van der Waals surface area contributed by atoms with Crippen LogP contribution in [0.1, 0.15) is 12.5 Å². The molecule has 0 fully saturated rings. The van der Waals surface area contributed by atoms with Crippen molar-refractivity contribution in [1.29, 1.82) is 0 Å². The van der Waals surface area contributed by atoms with Gasteiger partial charge in [-0.2, -0.15) is 8.42 Å². The van der Waals surface area contributed by atoms with E-state index in [0.29, 0.717) is 13.1 Å². The Balaban J connectivity index is 2.57. The average Bonchev–Trinajstić information content (AvgIpc) is 2.34. The second-order valence-electron chi connectivity index (χ2n) is 4.20. The van der Waals surface area contributed by atoms with E-state index in [4.69, 9.17) is 9.92 Å². The van der Waals surface area contributed by atoms with Crippen molar-refractivity contribution >= 4 is 10.1 Å². The van der Waals surface area contributed by atoms with Gasteiger partial charge in [-0.1, -0.05) is 17.7 Å². The number of aryl methyl sites for hydroxylation is 1. The SMILES string of the molecule is Cc1ccc(S(=O)(=O)OCC(C)NCCN)cc1. The Bertz CT molecular complexity index is 457. The molecule has 5 nitrogen and oxygen atoms in total. The van der Waals surface area contributed by atoms with Gasteiger partial charge in [0.1, 0.15) is 0 Å². The second-order valence-corrected chi connectivity index (χ2v) is 5.81. The lowest BCUT2D eigenvalue weighted by Crippen LogP contribution is -2.35. The highest BCUT2D eigenvalue weighted by molar-refractivity contribution is 7.86. The number of benzene rings is 1. The molecule has 0 aliphatic rings. The van der Waals surface area contributed by atoms with Gasteiger partial charge >= 0.3 is 0 Å². The molecule has 3 N–H and O–H groups in total. The maximum Gasteiger partial charge on any atom is 0.297 e. The Labute approximate surface area is 108 Å². The van der Waals surface area contributed by atoms with E-state index in [1.54, 1.807) is 24.3 Å². The molecule has 0 radical (unpaired) electrons. The van der Waals surface area contributed by atoms with Crippen LogP contribution in [-0.4, -0.2) is 34.2 Å². The molecule has 0 aliphatic carbocycles. The van der Waals surface area contributed by atoms with Gasteiger partial charge in [0.15, 0.2) is 0 Å². The van der Waals surface area contributed by atoms with Crippen LogP contribution in [0.25, 0.3) is 0 Å². The van der Waals surface area contributed by atoms with Crippen LogP contribution < -0.4 is 11.1 Å². The summed E-state index contributed by atoms with van der Waals surface area (Å²) in [4.78, 5) is 0.180. The van der Waals surface area contributed by atoms with Crippen LogP contribution in [0.5, 0.6) is 0 Å². The molecule has 1 aromatic carbocycles. The molecule has 0 saturated heterocycles. The van der Waals surface area contributed by atoms with Crippen molar-refractivity contribution in [2.45, 2.75) is 24.8 Å². The Morgan fingerprint density at radius 3 is 2.50 bits per heavy atom. The molecule has 0 spiro atoms. The molecular weight excluding hydrogens is 252 g/mol. The molecule has 1 rings (SSSR count). The third kappa shape index (κ3) is 4.73. The minimum Gasteiger partial charge on any atom is -0.329 e. The van der Waals surface area contributed by atoms with Gasteiger partial charge in [0, 0.05) is 19.1 Å². The molecular formula is C12H20N2O3S. The van der Waals surface area contributed by atoms with Gasteiger partial charge in [0.25, 0.3) is 10.1 Å². The summed E-state index contributed by atoms with van der Waals surface area (Å²) in [5.41, 5.74) is 6.35. The third-order valence-corrected chi connectivity index (χ3v) is 3.72. The lowest BCUT2D eigenvalue weighted by Gasteiger charge is -2.13. The van der Waals surface area contributed by atoms with Crippen molar-refractivity contribution in [3.8, 4) is 0 Å². The molecule has 1 atom stereocenters. The normalized spacial score (nSPS) is 13.5. The van der Waals surface area contributed by atoms with Crippen molar-refractivity contribution in [2.24, 2.45) is 5.73 Å². The van der Waals surface area contributed by atoms with Crippen LogP contribution in [0.15, 0.2) is 29.2 Å². The topological polar surface area (TPSA) is 81.4 Å². The van der Waals surface area contributed by atoms with Crippen LogP contribution >= 0.6 is 0 Å². The smallest absolute Gasteiger partial charge is 0.297 e. The Morgan fingerprint density at radius 1 is 1.33 bits per heavy atom. The fourth-order valence-electron chi connectivity index (χ4n) is 1.35. The number of rotatable bonds is 7. The van der Waals surface area contributed by atoms with Gasteiger partial charge in [0.2, 0.25) is 0 Å². The monoisotopic (exact) mass is 272 g/mol. The quantitative estimate of drug-likeness (QED) is 0.712. The summed E-state index contributed by atoms with van der Waals surface area (Å²) in [6.07, 6.45) is 0. The molecule has 0 amide bonds. The van der Waals surface area contributed by atoms with E-state index in [0.717, 1.165) is 5.56 Å². The summed E-state index contributed by atoms with van der Waals surface area (Å²) in [6, 6.07) is 6.51. The van der Waals surface area contributed by atoms with E-state index in [9.17, 15) is 8.42 Å². The molecule has 0 saturated carbocycles. The molecule has 0 bridgehead atoms. The Morgan fingerprint density at radius 2 is 1.94 bits per heavy atom. The number of nitrogens with two attached hydrogens (primary N) is 1. The highest BCUT2D eigenvalue weighted by Gasteiger charge is 2.16. The first-order valence-corrected chi connectivity index (χ1v) is 7.26. The van der Waals surface area contributed by atoms with Gasteiger partial charge in [-0.25, -0.2) is 0 Å². The van der Waals surface area contributed by atoms with E-state index in [2.05, 4.69) is 5.32 Å². The molecule has 0 heterocycles. The van der Waals surface area contributed by atoms with Gasteiger partial charge in [-0.05, 0) is 26.0 Å². The van der Waals surface area contributed by atoms with Crippen molar-refractivity contribution in [1.82, 2.24) is 5.32 Å². The van der Waals surface area contributed by atoms with Crippen molar-refractivity contribution in [3.63, 3.8) is 0 Å². The largest absolute Gasteiger partial charge is 0.329 e. The van der Waals surface area contributed by atoms with E-state index < -0.39 is 10.1 Å². The zero-order chi connectivity index (χ0) is 13.6. The maximum absolute atomic E-state index is 11.8. The van der Waals surface area contributed by atoms with Crippen LogP contribution in [0.3, 0.4) is 0 Å². The predicted octanol–water partition coefficient (Wildman–Crippen LogP) is 0.637.